The molecule has 0 amide bonds. The van der Waals surface area contributed by atoms with E-state index in [2.05, 4.69) is 0 Å². The fourth-order valence-corrected chi connectivity index (χ4v) is 3.15. The van der Waals surface area contributed by atoms with Gasteiger partial charge >= 0.3 is 0 Å². The molecule has 0 radical (unpaired) electrons. The van der Waals surface area contributed by atoms with Crippen LogP contribution in [-0.4, -0.2) is 0 Å². The van der Waals surface area contributed by atoms with Crippen LogP contribution in [0.3, 0.4) is 0 Å². The second-order valence-electron chi connectivity index (χ2n) is 5.91. The average Bonchev–Trinajstić information content (AvgIpc) is 2.67. The Kier molecular flexibility index (Phi) is 6.30. The summed E-state index contributed by atoms with van der Waals surface area (Å²) < 4.78 is 32.0. The van der Waals surface area contributed by atoms with Gasteiger partial charge in [-0.25, -0.2) is 8.78 Å². The Morgan fingerprint density at radius 3 is 2.25 bits per heavy atom. The van der Waals surface area contributed by atoms with E-state index in [1.54, 1.807) is 36.4 Å². The number of ether oxygens (including phenoxy) is 1. The maximum atomic E-state index is 13.4. The van der Waals surface area contributed by atoms with Crippen molar-refractivity contribution >= 4 is 34.9 Å². The lowest BCUT2D eigenvalue weighted by Crippen LogP contribution is -1.97. The number of hydrogen-bond acceptors (Lipinski definition) is 2. The Balaban J connectivity index is 1.84. The van der Waals surface area contributed by atoms with Gasteiger partial charge in [-0.3, -0.25) is 0 Å². The molecule has 0 aromatic heterocycles. The van der Waals surface area contributed by atoms with Gasteiger partial charge in [0.25, 0.3) is 0 Å². The predicted molar refractivity (Wildman–Crippen MR) is 107 cm³/mol. The smallest absolute Gasteiger partial charge is 0.157 e. The van der Waals surface area contributed by atoms with Gasteiger partial charge in [-0.05, 0) is 59.2 Å². The summed E-state index contributed by atoms with van der Waals surface area (Å²) in [6.07, 6.45) is 1.57. The van der Waals surface area contributed by atoms with E-state index in [4.69, 9.17) is 27.9 Å². The van der Waals surface area contributed by atoms with E-state index in [9.17, 15) is 14.0 Å². The second-order valence-corrected chi connectivity index (χ2v) is 6.72. The molecular formula is C22H13Cl2F2NO. The molecule has 0 aliphatic rings. The van der Waals surface area contributed by atoms with Crippen molar-refractivity contribution in [1.82, 2.24) is 0 Å². The number of hydrogen-bond donors (Lipinski definition) is 0. The number of benzene rings is 3. The van der Waals surface area contributed by atoms with Crippen LogP contribution in [0.2, 0.25) is 10.0 Å². The highest BCUT2D eigenvalue weighted by Gasteiger charge is 2.11. The summed E-state index contributed by atoms with van der Waals surface area (Å²) in [5.41, 5.74) is 2.05. The zero-order valence-electron chi connectivity index (χ0n) is 14.4. The Labute approximate surface area is 171 Å². The molecule has 2 nitrogen and oxygen atoms in total. The molecular weight excluding hydrogens is 403 g/mol. The summed E-state index contributed by atoms with van der Waals surface area (Å²) >= 11 is 12.6. The molecule has 6 heteroatoms. The molecule has 0 bridgehead atoms. The summed E-state index contributed by atoms with van der Waals surface area (Å²) in [6, 6.07) is 16.9. The third-order valence-electron chi connectivity index (χ3n) is 3.88. The Hall–Kier alpha value is -2.87. The first-order valence-electron chi connectivity index (χ1n) is 8.20. The lowest BCUT2D eigenvalue weighted by molar-refractivity contribution is 0.306. The van der Waals surface area contributed by atoms with Crippen molar-refractivity contribution in [1.29, 1.82) is 5.26 Å². The fourth-order valence-electron chi connectivity index (χ4n) is 2.54. The van der Waals surface area contributed by atoms with Crippen molar-refractivity contribution in [3.05, 3.63) is 99.0 Å². The van der Waals surface area contributed by atoms with Crippen molar-refractivity contribution in [3.63, 3.8) is 0 Å². The highest BCUT2D eigenvalue weighted by molar-refractivity contribution is 6.37. The minimum absolute atomic E-state index is 0.168. The van der Waals surface area contributed by atoms with E-state index in [1.165, 1.54) is 30.3 Å². The van der Waals surface area contributed by atoms with Crippen molar-refractivity contribution in [3.8, 4) is 11.8 Å². The summed E-state index contributed by atoms with van der Waals surface area (Å²) in [4.78, 5) is 0. The number of nitriles is 1. The first kappa shape index (κ1) is 19.9. The van der Waals surface area contributed by atoms with E-state index in [1.807, 2.05) is 6.07 Å². The van der Waals surface area contributed by atoms with E-state index in [0.717, 1.165) is 5.56 Å². The summed E-state index contributed by atoms with van der Waals surface area (Å²) in [7, 11) is 0. The van der Waals surface area contributed by atoms with E-state index < -0.39 is 5.82 Å². The van der Waals surface area contributed by atoms with Gasteiger partial charge in [-0.1, -0.05) is 47.5 Å². The molecule has 28 heavy (non-hydrogen) atoms. The first-order valence-corrected chi connectivity index (χ1v) is 8.96. The maximum absolute atomic E-state index is 13.4. The SMILES string of the molecule is N#C/C(=C/c1cc(Cl)c(OCc2ccc(F)cc2)c(Cl)c1)c1cccc(F)c1. The number of halogens is 4. The number of rotatable bonds is 5. The molecule has 0 fully saturated rings. The van der Waals surface area contributed by atoms with Crippen molar-refractivity contribution in [2.45, 2.75) is 6.61 Å². The van der Waals surface area contributed by atoms with Gasteiger partial charge in [0.05, 0.1) is 21.7 Å². The van der Waals surface area contributed by atoms with Gasteiger partial charge < -0.3 is 4.74 Å². The molecule has 140 valence electrons. The average molecular weight is 416 g/mol. The number of nitrogens with zero attached hydrogens (tertiary/aromatic N) is 1. The van der Waals surface area contributed by atoms with Gasteiger partial charge in [0, 0.05) is 0 Å². The molecule has 3 rings (SSSR count). The second kappa shape index (κ2) is 8.88. The summed E-state index contributed by atoms with van der Waals surface area (Å²) in [6.45, 7) is 0.168. The quantitative estimate of drug-likeness (QED) is 0.334. The van der Waals surface area contributed by atoms with Gasteiger partial charge in [-0.2, -0.15) is 5.26 Å². The maximum Gasteiger partial charge on any atom is 0.157 e. The van der Waals surface area contributed by atoms with Gasteiger partial charge in [0.1, 0.15) is 18.2 Å². The molecule has 0 aliphatic carbocycles. The highest BCUT2D eigenvalue weighted by atomic mass is 35.5. The molecule has 0 heterocycles. The minimum atomic E-state index is -0.431. The zero-order valence-corrected chi connectivity index (χ0v) is 15.9. The molecule has 0 spiro atoms. The molecule has 3 aromatic rings. The highest BCUT2D eigenvalue weighted by Crippen LogP contribution is 2.36. The molecule has 3 aromatic carbocycles. The van der Waals surface area contributed by atoms with E-state index >= 15 is 0 Å². The van der Waals surface area contributed by atoms with Crippen molar-refractivity contribution in [2.24, 2.45) is 0 Å². The molecule has 0 unspecified atom stereocenters. The van der Waals surface area contributed by atoms with Gasteiger partial charge in [-0.15, -0.1) is 0 Å². The van der Waals surface area contributed by atoms with E-state index in [-0.39, 0.29) is 33.8 Å². The van der Waals surface area contributed by atoms with Crippen LogP contribution in [0.1, 0.15) is 16.7 Å². The van der Waals surface area contributed by atoms with E-state index in [0.29, 0.717) is 11.1 Å². The molecule has 0 saturated carbocycles. The van der Waals surface area contributed by atoms with Crippen LogP contribution in [0.5, 0.6) is 5.75 Å². The Bertz CT molecular complexity index is 1050. The molecule has 0 N–H and O–H groups in total. The van der Waals surface area contributed by atoms with Crippen LogP contribution in [0, 0.1) is 23.0 Å². The lowest BCUT2D eigenvalue weighted by atomic mass is 10.0. The number of allylic oxidation sites excluding steroid dienone is 1. The molecule has 0 atom stereocenters. The summed E-state index contributed by atoms with van der Waals surface area (Å²) in [5, 5.41) is 9.92. The third kappa shape index (κ3) is 4.89. The van der Waals surface area contributed by atoms with Crippen molar-refractivity contribution in [2.75, 3.05) is 0 Å². The van der Waals surface area contributed by atoms with Crippen LogP contribution in [0.25, 0.3) is 11.6 Å². The fraction of sp³-hybridized carbons (Fsp3) is 0.0455. The predicted octanol–water partition coefficient (Wildman–Crippen LogP) is 6.91. The Morgan fingerprint density at radius 2 is 1.64 bits per heavy atom. The standard InChI is InChI=1S/C22H13Cl2F2NO/c23-20-9-15(8-17(12-27)16-2-1-3-19(26)11-16)10-21(24)22(20)28-13-14-4-6-18(25)7-5-14/h1-11H,13H2/b17-8-. The third-order valence-corrected chi connectivity index (χ3v) is 4.45. The van der Waals surface area contributed by atoms with Crippen molar-refractivity contribution < 1.29 is 13.5 Å². The largest absolute Gasteiger partial charge is 0.486 e. The monoisotopic (exact) mass is 415 g/mol. The van der Waals surface area contributed by atoms with Crippen LogP contribution in [0.4, 0.5) is 8.78 Å². The first-order chi connectivity index (χ1) is 13.5. The van der Waals surface area contributed by atoms with Crippen LogP contribution in [-0.2, 0) is 6.61 Å². The summed E-state index contributed by atoms with van der Waals surface area (Å²) in [5.74, 6) is -0.476. The lowest BCUT2D eigenvalue weighted by Gasteiger charge is -2.11. The molecule has 0 saturated heterocycles. The van der Waals surface area contributed by atoms with Crippen LogP contribution < -0.4 is 4.74 Å². The minimum Gasteiger partial charge on any atom is -0.486 e. The molecule has 0 aliphatic heterocycles. The van der Waals surface area contributed by atoms with Gasteiger partial charge in [0.15, 0.2) is 5.75 Å². The Morgan fingerprint density at radius 1 is 0.964 bits per heavy atom. The van der Waals surface area contributed by atoms with Crippen LogP contribution in [0.15, 0.2) is 60.7 Å². The topological polar surface area (TPSA) is 33.0 Å². The normalized spacial score (nSPS) is 11.2. The zero-order chi connectivity index (χ0) is 20.1. The van der Waals surface area contributed by atoms with Crippen LogP contribution >= 0.6 is 23.2 Å². The van der Waals surface area contributed by atoms with Gasteiger partial charge in [0.2, 0.25) is 0 Å².